The van der Waals surface area contributed by atoms with E-state index >= 15 is 0 Å². The van der Waals surface area contributed by atoms with Crippen molar-refractivity contribution in [2.45, 2.75) is 24.7 Å². The number of hydrogen-bond acceptors (Lipinski definition) is 5. The van der Waals surface area contributed by atoms with Gasteiger partial charge in [0.1, 0.15) is 24.7 Å². The van der Waals surface area contributed by atoms with Gasteiger partial charge in [-0.3, -0.25) is 9.10 Å². The lowest BCUT2D eigenvalue weighted by atomic mass is 10.1. The summed E-state index contributed by atoms with van der Waals surface area (Å²) >= 11 is 0. The number of sulfonamides is 1. The third-order valence-electron chi connectivity index (χ3n) is 5.13. The van der Waals surface area contributed by atoms with Gasteiger partial charge >= 0.3 is 0 Å². The van der Waals surface area contributed by atoms with Gasteiger partial charge in [0.2, 0.25) is 5.91 Å². The van der Waals surface area contributed by atoms with Gasteiger partial charge in [-0.25, -0.2) is 8.42 Å². The average molecular weight is 483 g/mol. The lowest BCUT2D eigenvalue weighted by Gasteiger charge is -2.24. The molecule has 0 saturated carbocycles. The zero-order chi connectivity index (χ0) is 24.4. The Morgan fingerprint density at radius 2 is 1.56 bits per heavy atom. The van der Waals surface area contributed by atoms with Crippen molar-refractivity contribution in [3.8, 4) is 11.5 Å². The van der Waals surface area contributed by atoms with E-state index in [0.29, 0.717) is 11.4 Å². The summed E-state index contributed by atoms with van der Waals surface area (Å²) in [6.07, 6.45) is 2.10. The van der Waals surface area contributed by atoms with Crippen LogP contribution >= 0.6 is 0 Å². The van der Waals surface area contributed by atoms with E-state index in [4.69, 9.17) is 9.47 Å². The van der Waals surface area contributed by atoms with E-state index in [1.165, 1.54) is 24.8 Å². The number of carbonyl (C=O) groups excluding carboxylic acids is 1. The van der Waals surface area contributed by atoms with Crippen molar-refractivity contribution in [1.82, 2.24) is 5.32 Å². The van der Waals surface area contributed by atoms with E-state index in [9.17, 15) is 13.2 Å². The molecule has 0 spiro atoms. The van der Waals surface area contributed by atoms with Crippen LogP contribution < -0.4 is 19.1 Å². The van der Waals surface area contributed by atoms with Crippen LogP contribution in [0.3, 0.4) is 0 Å². The minimum atomic E-state index is -3.95. The van der Waals surface area contributed by atoms with Gasteiger partial charge in [0.25, 0.3) is 10.0 Å². The van der Waals surface area contributed by atoms with Crippen LogP contribution in [0.5, 0.6) is 11.5 Å². The first kappa shape index (κ1) is 25.1. The van der Waals surface area contributed by atoms with Gasteiger partial charge in [0, 0.05) is 0 Å². The SMILES string of the molecule is CCCc1ccc(OCCNC(=O)CN(c2ccc(OC)cc2)S(=O)(=O)c2ccccc2)cc1. The Labute approximate surface area is 201 Å². The van der Waals surface area contributed by atoms with Gasteiger partial charge in [-0.15, -0.1) is 0 Å². The molecular weight excluding hydrogens is 452 g/mol. The molecule has 0 aromatic heterocycles. The first-order valence-corrected chi connectivity index (χ1v) is 12.6. The van der Waals surface area contributed by atoms with Crippen LogP contribution in [0.1, 0.15) is 18.9 Å². The Kier molecular flexibility index (Phi) is 8.93. The fourth-order valence-corrected chi connectivity index (χ4v) is 4.81. The van der Waals surface area contributed by atoms with Crippen LogP contribution in [0, 0.1) is 0 Å². The number of anilines is 1. The molecule has 180 valence electrons. The normalized spacial score (nSPS) is 11.0. The molecule has 0 saturated heterocycles. The van der Waals surface area contributed by atoms with Gasteiger partial charge in [-0.05, 0) is 60.5 Å². The molecule has 0 aliphatic carbocycles. The topological polar surface area (TPSA) is 84.9 Å². The zero-order valence-electron chi connectivity index (χ0n) is 19.4. The molecule has 1 amide bonds. The van der Waals surface area contributed by atoms with Crippen LogP contribution in [0.15, 0.2) is 83.8 Å². The van der Waals surface area contributed by atoms with Crippen molar-refractivity contribution >= 4 is 21.6 Å². The number of benzene rings is 3. The second-order valence-electron chi connectivity index (χ2n) is 7.62. The van der Waals surface area contributed by atoms with Gasteiger partial charge in [-0.2, -0.15) is 0 Å². The van der Waals surface area contributed by atoms with Crippen molar-refractivity contribution in [3.63, 3.8) is 0 Å². The van der Waals surface area contributed by atoms with E-state index in [1.54, 1.807) is 42.5 Å². The van der Waals surface area contributed by atoms with Crippen LogP contribution in [0.25, 0.3) is 0 Å². The fraction of sp³-hybridized carbons (Fsp3) is 0.269. The van der Waals surface area contributed by atoms with E-state index in [0.717, 1.165) is 22.9 Å². The van der Waals surface area contributed by atoms with Gasteiger partial charge < -0.3 is 14.8 Å². The first-order chi connectivity index (χ1) is 16.4. The standard InChI is InChI=1S/C26H30N2O5S/c1-3-7-21-10-14-24(15-11-21)33-19-18-27-26(29)20-28(22-12-16-23(32-2)17-13-22)34(30,31)25-8-5-4-6-9-25/h4-6,8-17H,3,7,18-20H2,1-2H3,(H,27,29). The van der Waals surface area contributed by atoms with Crippen molar-refractivity contribution in [3.05, 3.63) is 84.4 Å². The maximum atomic E-state index is 13.3. The Balaban J connectivity index is 1.64. The first-order valence-electron chi connectivity index (χ1n) is 11.1. The molecule has 34 heavy (non-hydrogen) atoms. The third kappa shape index (κ3) is 6.74. The third-order valence-corrected chi connectivity index (χ3v) is 6.92. The summed E-state index contributed by atoms with van der Waals surface area (Å²) in [6.45, 7) is 2.29. The van der Waals surface area contributed by atoms with E-state index < -0.39 is 15.9 Å². The molecular formula is C26H30N2O5S. The molecule has 0 aliphatic rings. The number of amides is 1. The maximum absolute atomic E-state index is 13.3. The Morgan fingerprint density at radius 3 is 2.18 bits per heavy atom. The van der Waals surface area contributed by atoms with E-state index in [2.05, 4.69) is 12.2 Å². The monoisotopic (exact) mass is 482 g/mol. The largest absolute Gasteiger partial charge is 0.497 e. The molecule has 0 unspecified atom stereocenters. The zero-order valence-corrected chi connectivity index (χ0v) is 20.3. The van der Waals surface area contributed by atoms with E-state index in [1.807, 2.05) is 24.3 Å². The summed E-state index contributed by atoms with van der Waals surface area (Å²) in [7, 11) is -2.42. The molecule has 7 nitrogen and oxygen atoms in total. The molecule has 0 atom stereocenters. The Bertz CT molecular complexity index is 1150. The summed E-state index contributed by atoms with van der Waals surface area (Å²) in [5, 5.41) is 2.74. The maximum Gasteiger partial charge on any atom is 0.264 e. The van der Waals surface area contributed by atoms with E-state index in [-0.39, 0.29) is 24.6 Å². The molecule has 8 heteroatoms. The van der Waals surface area contributed by atoms with Crippen LogP contribution in [0.2, 0.25) is 0 Å². The number of aryl methyl sites for hydroxylation is 1. The molecule has 3 aromatic carbocycles. The van der Waals surface area contributed by atoms with Gasteiger partial charge in [0.15, 0.2) is 0 Å². The molecule has 3 rings (SSSR count). The van der Waals surface area contributed by atoms with Gasteiger partial charge in [-0.1, -0.05) is 43.7 Å². The van der Waals surface area contributed by atoms with Crippen molar-refractivity contribution in [2.24, 2.45) is 0 Å². The van der Waals surface area contributed by atoms with Crippen LogP contribution in [-0.4, -0.2) is 41.1 Å². The highest BCUT2D eigenvalue weighted by Gasteiger charge is 2.27. The second-order valence-corrected chi connectivity index (χ2v) is 9.48. The summed E-state index contributed by atoms with van der Waals surface area (Å²) in [6, 6.07) is 22.4. The van der Waals surface area contributed by atoms with Crippen LogP contribution in [0.4, 0.5) is 5.69 Å². The molecule has 0 bridgehead atoms. The lowest BCUT2D eigenvalue weighted by molar-refractivity contribution is -0.119. The summed E-state index contributed by atoms with van der Waals surface area (Å²) in [5.74, 6) is 0.878. The number of nitrogens with one attached hydrogen (secondary N) is 1. The predicted molar refractivity (Wildman–Crippen MR) is 133 cm³/mol. The minimum absolute atomic E-state index is 0.105. The molecule has 0 radical (unpaired) electrons. The number of methoxy groups -OCH3 is 1. The van der Waals surface area contributed by atoms with Crippen molar-refractivity contribution < 1.29 is 22.7 Å². The summed E-state index contributed by atoms with van der Waals surface area (Å²) in [4.78, 5) is 12.8. The number of rotatable bonds is 12. The fourth-order valence-electron chi connectivity index (χ4n) is 3.37. The molecule has 3 aromatic rings. The number of hydrogen-bond donors (Lipinski definition) is 1. The lowest BCUT2D eigenvalue weighted by Crippen LogP contribution is -2.41. The number of nitrogens with zero attached hydrogens (tertiary/aromatic N) is 1. The van der Waals surface area contributed by atoms with Gasteiger partial charge in [0.05, 0.1) is 24.2 Å². The molecule has 0 aliphatic heterocycles. The summed E-state index contributed by atoms with van der Waals surface area (Å²) in [5.41, 5.74) is 1.62. The van der Waals surface area contributed by atoms with Crippen molar-refractivity contribution in [2.75, 3.05) is 31.1 Å². The minimum Gasteiger partial charge on any atom is -0.497 e. The Hall–Kier alpha value is -3.52. The summed E-state index contributed by atoms with van der Waals surface area (Å²) < 4.78 is 38.5. The molecule has 1 N–H and O–H groups in total. The highest BCUT2D eigenvalue weighted by Crippen LogP contribution is 2.25. The number of carbonyl (C=O) groups is 1. The quantitative estimate of drug-likeness (QED) is 0.394. The predicted octanol–water partition coefficient (Wildman–Crippen LogP) is 4.04. The molecule has 0 fully saturated rings. The smallest absolute Gasteiger partial charge is 0.264 e. The van der Waals surface area contributed by atoms with Crippen LogP contribution in [-0.2, 0) is 21.2 Å². The van der Waals surface area contributed by atoms with Crippen molar-refractivity contribution in [1.29, 1.82) is 0 Å². The number of ether oxygens (including phenoxy) is 2. The second kappa shape index (κ2) is 12.1. The Morgan fingerprint density at radius 1 is 0.912 bits per heavy atom. The highest BCUT2D eigenvalue weighted by atomic mass is 32.2. The molecule has 0 heterocycles. The highest BCUT2D eigenvalue weighted by molar-refractivity contribution is 7.92. The average Bonchev–Trinajstić information content (AvgIpc) is 2.87.